The molecule has 0 aromatic heterocycles. The second-order valence-corrected chi connectivity index (χ2v) is 3.80. The van der Waals surface area contributed by atoms with Gasteiger partial charge in [-0.25, -0.2) is 0 Å². The van der Waals surface area contributed by atoms with E-state index in [1.54, 1.807) is 7.11 Å². The average molecular weight is 192 g/mol. The van der Waals surface area contributed by atoms with Crippen LogP contribution in [0.1, 0.15) is 23.3 Å². The fraction of sp³-hybridized carbons (Fsp3) is 0.455. The third-order valence-electron chi connectivity index (χ3n) is 3.04. The van der Waals surface area contributed by atoms with Gasteiger partial charge in [-0.3, -0.25) is 0 Å². The zero-order valence-electron chi connectivity index (χ0n) is 7.88. The van der Waals surface area contributed by atoms with Crippen molar-refractivity contribution in [1.29, 1.82) is 0 Å². The molecular weight excluding hydrogens is 180 g/mol. The predicted molar refractivity (Wildman–Crippen MR) is 49.8 cm³/mol. The number of fused-ring (bicyclic) bond motifs is 3. The van der Waals surface area contributed by atoms with Crippen molar-refractivity contribution in [2.75, 3.05) is 7.11 Å². The molecule has 3 rings (SSSR count). The van der Waals surface area contributed by atoms with Crippen molar-refractivity contribution >= 4 is 0 Å². The van der Waals surface area contributed by atoms with Crippen LogP contribution in [0.3, 0.4) is 0 Å². The van der Waals surface area contributed by atoms with Gasteiger partial charge in [-0.05, 0) is 11.1 Å². The Balaban J connectivity index is 2.10. The number of aliphatic hydroxyl groups is 1. The molecule has 1 aromatic carbocycles. The minimum absolute atomic E-state index is 0.0603. The van der Waals surface area contributed by atoms with Crippen molar-refractivity contribution in [2.45, 2.75) is 24.4 Å². The molecule has 1 heterocycles. The Bertz CT molecular complexity index is 363. The summed E-state index contributed by atoms with van der Waals surface area (Å²) in [5.74, 6) is 0. The van der Waals surface area contributed by atoms with Crippen molar-refractivity contribution in [3.05, 3.63) is 35.4 Å². The highest BCUT2D eigenvalue weighted by Gasteiger charge is 2.53. The lowest BCUT2D eigenvalue weighted by Crippen LogP contribution is -2.30. The zero-order chi connectivity index (χ0) is 9.71. The highest BCUT2D eigenvalue weighted by molar-refractivity contribution is 5.39. The molecule has 1 aromatic rings. The van der Waals surface area contributed by atoms with Crippen LogP contribution in [-0.2, 0) is 9.47 Å². The van der Waals surface area contributed by atoms with Crippen LogP contribution < -0.4 is 0 Å². The van der Waals surface area contributed by atoms with E-state index in [9.17, 15) is 5.11 Å². The molecule has 4 atom stereocenters. The Labute approximate surface area is 82.3 Å². The van der Waals surface area contributed by atoms with Gasteiger partial charge in [0.25, 0.3) is 0 Å². The van der Waals surface area contributed by atoms with Gasteiger partial charge in [0.05, 0.1) is 0 Å². The molecule has 14 heavy (non-hydrogen) atoms. The smallest absolute Gasteiger partial charge is 0.118 e. The molecular formula is C11H12O3. The van der Waals surface area contributed by atoms with Crippen LogP contribution in [0.4, 0.5) is 0 Å². The van der Waals surface area contributed by atoms with E-state index >= 15 is 0 Å². The van der Waals surface area contributed by atoms with E-state index in [-0.39, 0.29) is 18.3 Å². The van der Waals surface area contributed by atoms with E-state index in [4.69, 9.17) is 9.47 Å². The number of rotatable bonds is 1. The van der Waals surface area contributed by atoms with Crippen LogP contribution in [-0.4, -0.2) is 24.4 Å². The van der Waals surface area contributed by atoms with Crippen molar-refractivity contribution in [3.63, 3.8) is 0 Å². The summed E-state index contributed by atoms with van der Waals surface area (Å²) in [6.45, 7) is 0. The number of methoxy groups -OCH3 is 1. The lowest BCUT2D eigenvalue weighted by atomic mass is 9.87. The molecule has 74 valence electrons. The van der Waals surface area contributed by atoms with Gasteiger partial charge < -0.3 is 14.6 Å². The maximum atomic E-state index is 9.88. The van der Waals surface area contributed by atoms with Gasteiger partial charge in [0.2, 0.25) is 0 Å². The van der Waals surface area contributed by atoms with Crippen molar-refractivity contribution in [3.8, 4) is 0 Å². The van der Waals surface area contributed by atoms with Crippen LogP contribution >= 0.6 is 0 Å². The molecule has 1 aliphatic heterocycles. The second-order valence-electron chi connectivity index (χ2n) is 3.80. The van der Waals surface area contributed by atoms with E-state index in [2.05, 4.69) is 0 Å². The van der Waals surface area contributed by atoms with Crippen molar-refractivity contribution in [2.24, 2.45) is 0 Å². The number of benzene rings is 1. The molecule has 1 aliphatic carbocycles. The molecule has 0 amide bonds. The summed E-state index contributed by atoms with van der Waals surface area (Å²) in [5, 5.41) is 9.88. The first-order valence-electron chi connectivity index (χ1n) is 4.78. The van der Waals surface area contributed by atoms with E-state index < -0.39 is 6.10 Å². The molecule has 0 bridgehead atoms. The van der Waals surface area contributed by atoms with Gasteiger partial charge in [-0.15, -0.1) is 0 Å². The quantitative estimate of drug-likeness (QED) is 0.679. The molecule has 3 nitrogen and oxygen atoms in total. The summed E-state index contributed by atoms with van der Waals surface area (Å²) in [6, 6.07) is 7.98. The highest BCUT2D eigenvalue weighted by atomic mass is 16.6. The molecule has 1 fully saturated rings. The minimum Gasteiger partial charge on any atom is -0.387 e. The van der Waals surface area contributed by atoms with Gasteiger partial charge in [-0.2, -0.15) is 0 Å². The zero-order valence-corrected chi connectivity index (χ0v) is 7.88. The summed E-state index contributed by atoms with van der Waals surface area (Å²) in [4.78, 5) is 0. The Morgan fingerprint density at radius 2 is 2.00 bits per heavy atom. The highest BCUT2D eigenvalue weighted by Crippen LogP contribution is 2.51. The van der Waals surface area contributed by atoms with Crippen LogP contribution in [0.25, 0.3) is 0 Å². The average Bonchev–Trinajstić information content (AvgIpc) is 2.99. The summed E-state index contributed by atoms with van der Waals surface area (Å²) < 4.78 is 10.7. The molecule has 0 saturated carbocycles. The third kappa shape index (κ3) is 0.974. The lowest BCUT2D eigenvalue weighted by Gasteiger charge is -2.26. The second kappa shape index (κ2) is 2.79. The third-order valence-corrected chi connectivity index (χ3v) is 3.04. The maximum Gasteiger partial charge on any atom is 0.118 e. The normalized spacial score (nSPS) is 38.7. The van der Waals surface area contributed by atoms with E-state index in [1.165, 1.54) is 0 Å². The summed E-state index contributed by atoms with van der Waals surface area (Å²) in [7, 11) is 1.62. The standard InChI is InChI=1S/C11H12O3/c1-13-9-6-4-2-3-5-7(6)10-11(14-10)8(9)12/h2-5,8-12H,1H3/t8-,9+,10-,11+/m1/s1. The number of epoxide rings is 1. The van der Waals surface area contributed by atoms with Crippen LogP contribution in [0, 0.1) is 0 Å². The molecule has 0 spiro atoms. The van der Waals surface area contributed by atoms with Crippen molar-refractivity contribution < 1.29 is 14.6 Å². The molecule has 0 unspecified atom stereocenters. The van der Waals surface area contributed by atoms with Gasteiger partial charge in [0, 0.05) is 7.11 Å². The van der Waals surface area contributed by atoms with Gasteiger partial charge in [-0.1, -0.05) is 24.3 Å². The monoisotopic (exact) mass is 192 g/mol. The fourth-order valence-electron chi connectivity index (χ4n) is 2.29. The molecule has 0 radical (unpaired) electrons. The first-order chi connectivity index (χ1) is 6.83. The van der Waals surface area contributed by atoms with Crippen LogP contribution in [0.5, 0.6) is 0 Å². The summed E-state index contributed by atoms with van der Waals surface area (Å²) >= 11 is 0. The van der Waals surface area contributed by atoms with E-state index in [0.717, 1.165) is 11.1 Å². The number of hydrogen-bond acceptors (Lipinski definition) is 3. The number of ether oxygens (including phenoxy) is 2. The van der Waals surface area contributed by atoms with Gasteiger partial charge >= 0.3 is 0 Å². The molecule has 1 N–H and O–H groups in total. The Morgan fingerprint density at radius 3 is 2.71 bits per heavy atom. The van der Waals surface area contributed by atoms with E-state index in [0.29, 0.717) is 0 Å². The lowest BCUT2D eigenvalue weighted by molar-refractivity contribution is -0.0280. The SMILES string of the molecule is CO[C@H]1c2ccccc2[C@H]2O[C@H]2[C@@H]1O. The van der Waals surface area contributed by atoms with E-state index in [1.807, 2.05) is 24.3 Å². The van der Waals surface area contributed by atoms with Gasteiger partial charge in [0.15, 0.2) is 0 Å². The largest absolute Gasteiger partial charge is 0.387 e. The van der Waals surface area contributed by atoms with Crippen LogP contribution in [0.2, 0.25) is 0 Å². The van der Waals surface area contributed by atoms with Crippen LogP contribution in [0.15, 0.2) is 24.3 Å². The Morgan fingerprint density at radius 1 is 1.29 bits per heavy atom. The first-order valence-corrected chi connectivity index (χ1v) is 4.78. The maximum absolute atomic E-state index is 9.88. The topological polar surface area (TPSA) is 42.0 Å². The van der Waals surface area contributed by atoms with Gasteiger partial charge in [0.1, 0.15) is 24.4 Å². The summed E-state index contributed by atoms with van der Waals surface area (Å²) in [6.07, 6.45) is -0.739. The first kappa shape index (κ1) is 8.41. The summed E-state index contributed by atoms with van der Waals surface area (Å²) in [5.41, 5.74) is 2.22. The Kier molecular flexibility index (Phi) is 1.68. The molecule has 1 saturated heterocycles. The molecule has 3 heteroatoms. The molecule has 2 aliphatic rings. The van der Waals surface area contributed by atoms with Crippen molar-refractivity contribution in [1.82, 2.24) is 0 Å². The number of aliphatic hydroxyl groups excluding tert-OH is 1. The predicted octanol–water partition coefficient (Wildman–Crippen LogP) is 1.19. The Hall–Kier alpha value is -0.900. The number of hydrogen-bond donors (Lipinski definition) is 1. The fourth-order valence-corrected chi connectivity index (χ4v) is 2.29. The minimum atomic E-state index is -0.528.